The molecule has 1 N–H and O–H groups in total. The highest BCUT2D eigenvalue weighted by molar-refractivity contribution is 6.47. The number of amides is 1. The van der Waals surface area contributed by atoms with Gasteiger partial charge in [-0.15, -0.1) is 0 Å². The Morgan fingerprint density at radius 2 is 1.68 bits per heavy atom. The first kappa shape index (κ1) is 22.5. The van der Waals surface area contributed by atoms with Crippen molar-refractivity contribution in [1.29, 1.82) is 0 Å². The minimum atomic E-state index is -0.948. The molecule has 0 spiro atoms. The fourth-order valence-corrected chi connectivity index (χ4v) is 2.56. The smallest absolute Gasteiger partial charge is 0.410 e. The lowest BCUT2D eigenvalue weighted by Crippen LogP contribution is -2.49. The number of nitrogens with zero attached hydrogens (tertiary/aromatic N) is 1. The van der Waals surface area contributed by atoms with Crippen LogP contribution in [-0.2, 0) is 9.39 Å². The standard InChI is InChI=1S/C22H33BNO4/c1-20(2,3)27-19(25)24-14-12-17(13-15-24)16-8-10-18(11-9-16)23-28-22(6,7)21(4,5)26/h8-12,26H,13-15H2,1-7H3. The van der Waals surface area contributed by atoms with Crippen LogP contribution in [0.25, 0.3) is 5.57 Å². The van der Waals surface area contributed by atoms with Gasteiger partial charge in [0.15, 0.2) is 0 Å². The molecule has 1 amide bonds. The molecule has 0 saturated carbocycles. The van der Waals surface area contributed by atoms with Gasteiger partial charge >= 0.3 is 13.6 Å². The van der Waals surface area contributed by atoms with Crippen molar-refractivity contribution in [2.45, 2.75) is 71.7 Å². The van der Waals surface area contributed by atoms with Gasteiger partial charge in [0.25, 0.3) is 0 Å². The Balaban J connectivity index is 1.95. The molecule has 5 nitrogen and oxygen atoms in total. The topological polar surface area (TPSA) is 59.0 Å². The van der Waals surface area contributed by atoms with Crippen LogP contribution in [0.1, 0.15) is 60.5 Å². The van der Waals surface area contributed by atoms with Gasteiger partial charge in [0.1, 0.15) is 5.60 Å². The monoisotopic (exact) mass is 386 g/mol. The molecule has 1 aliphatic rings. The number of hydrogen-bond donors (Lipinski definition) is 1. The molecule has 0 aromatic heterocycles. The number of benzene rings is 1. The van der Waals surface area contributed by atoms with Crippen LogP contribution in [-0.4, -0.2) is 53.5 Å². The van der Waals surface area contributed by atoms with Gasteiger partial charge in [0, 0.05) is 13.1 Å². The van der Waals surface area contributed by atoms with Gasteiger partial charge in [0.05, 0.1) is 11.2 Å². The maximum absolute atomic E-state index is 12.2. The summed E-state index contributed by atoms with van der Waals surface area (Å²) in [5.41, 5.74) is 1.19. The Morgan fingerprint density at radius 1 is 1.07 bits per heavy atom. The van der Waals surface area contributed by atoms with Crippen LogP contribution in [0, 0.1) is 0 Å². The summed E-state index contributed by atoms with van der Waals surface area (Å²) >= 11 is 0. The summed E-state index contributed by atoms with van der Waals surface area (Å²) in [6.07, 6.45) is 2.62. The lowest BCUT2D eigenvalue weighted by atomic mass is 9.82. The van der Waals surface area contributed by atoms with Crippen LogP contribution in [0.4, 0.5) is 4.79 Å². The highest BCUT2D eigenvalue weighted by Crippen LogP contribution is 2.25. The van der Waals surface area contributed by atoms with E-state index >= 15 is 0 Å². The van der Waals surface area contributed by atoms with Crippen LogP contribution in [0.2, 0.25) is 0 Å². The second-order valence-electron chi connectivity index (χ2n) is 9.33. The minimum Gasteiger partial charge on any atom is -0.444 e. The van der Waals surface area contributed by atoms with Gasteiger partial charge in [-0.2, -0.15) is 0 Å². The summed E-state index contributed by atoms with van der Waals surface area (Å²) in [5, 5.41) is 10.2. The molecule has 0 fully saturated rings. The molecule has 153 valence electrons. The highest BCUT2D eigenvalue weighted by Gasteiger charge is 2.35. The fraction of sp³-hybridized carbons (Fsp3) is 0.591. The van der Waals surface area contributed by atoms with E-state index in [0.29, 0.717) is 13.1 Å². The number of ether oxygens (including phenoxy) is 1. The fourth-order valence-electron chi connectivity index (χ4n) is 2.56. The van der Waals surface area contributed by atoms with Crippen molar-refractivity contribution in [1.82, 2.24) is 4.90 Å². The van der Waals surface area contributed by atoms with E-state index in [0.717, 1.165) is 17.4 Å². The molecule has 28 heavy (non-hydrogen) atoms. The van der Waals surface area contributed by atoms with Gasteiger partial charge in [-0.1, -0.05) is 35.8 Å². The Hall–Kier alpha value is -1.79. The Kier molecular flexibility index (Phi) is 6.67. The van der Waals surface area contributed by atoms with Crippen LogP contribution in [0.3, 0.4) is 0 Å². The number of rotatable bonds is 5. The summed E-state index contributed by atoms with van der Waals surface area (Å²) in [7, 11) is 1.68. The molecule has 1 aliphatic heterocycles. The van der Waals surface area contributed by atoms with Gasteiger partial charge < -0.3 is 19.4 Å². The van der Waals surface area contributed by atoms with Crippen molar-refractivity contribution in [3.05, 3.63) is 35.9 Å². The number of aliphatic hydroxyl groups is 1. The van der Waals surface area contributed by atoms with E-state index in [2.05, 4.69) is 18.2 Å². The van der Waals surface area contributed by atoms with E-state index in [1.165, 1.54) is 5.57 Å². The summed E-state index contributed by atoms with van der Waals surface area (Å²) in [6, 6.07) is 8.11. The van der Waals surface area contributed by atoms with Gasteiger partial charge in [0.2, 0.25) is 0 Å². The van der Waals surface area contributed by atoms with Crippen molar-refractivity contribution in [2.75, 3.05) is 13.1 Å². The largest absolute Gasteiger partial charge is 0.444 e. The predicted molar refractivity (Wildman–Crippen MR) is 114 cm³/mol. The summed E-state index contributed by atoms with van der Waals surface area (Å²) in [6.45, 7) is 14.0. The SMILES string of the molecule is CC(C)(C)OC(=O)N1CC=C(c2ccc([B]OC(C)(C)C(C)(C)O)cc2)CC1. The maximum atomic E-state index is 12.2. The van der Waals surface area contributed by atoms with Crippen molar-refractivity contribution in [3.63, 3.8) is 0 Å². The molecule has 1 radical (unpaired) electrons. The van der Waals surface area contributed by atoms with Crippen molar-refractivity contribution >= 4 is 24.6 Å². The first-order valence-corrected chi connectivity index (χ1v) is 9.79. The number of carbonyl (C=O) groups is 1. The highest BCUT2D eigenvalue weighted by atomic mass is 16.6. The predicted octanol–water partition coefficient (Wildman–Crippen LogP) is 3.52. The molecule has 0 aliphatic carbocycles. The molecule has 2 rings (SSSR count). The van der Waals surface area contributed by atoms with Gasteiger partial charge in [-0.05, 0) is 66.0 Å². The molecule has 6 heteroatoms. The molecular weight excluding hydrogens is 353 g/mol. The molecule has 1 heterocycles. The normalized spacial score (nSPS) is 15.9. The third-order valence-corrected chi connectivity index (χ3v) is 5.11. The molecule has 1 aromatic rings. The van der Waals surface area contributed by atoms with Crippen LogP contribution in [0.5, 0.6) is 0 Å². The molecule has 0 unspecified atom stereocenters. The maximum Gasteiger partial charge on any atom is 0.410 e. The summed E-state index contributed by atoms with van der Waals surface area (Å²) in [4.78, 5) is 13.9. The average Bonchev–Trinajstić information content (AvgIpc) is 2.58. The van der Waals surface area contributed by atoms with E-state index in [1.54, 1.807) is 26.2 Å². The van der Waals surface area contributed by atoms with Crippen molar-refractivity contribution in [2.24, 2.45) is 0 Å². The average molecular weight is 386 g/mol. The van der Waals surface area contributed by atoms with Crippen LogP contribution in [0.15, 0.2) is 30.3 Å². The quantitative estimate of drug-likeness (QED) is 0.787. The van der Waals surface area contributed by atoms with Crippen LogP contribution >= 0.6 is 0 Å². The van der Waals surface area contributed by atoms with E-state index in [-0.39, 0.29) is 6.09 Å². The molecular formula is C22H33BNO4. The molecule has 0 atom stereocenters. The van der Waals surface area contributed by atoms with Gasteiger partial charge in [-0.25, -0.2) is 4.79 Å². The van der Waals surface area contributed by atoms with E-state index < -0.39 is 16.8 Å². The third kappa shape index (κ3) is 6.11. The first-order valence-electron chi connectivity index (χ1n) is 9.79. The lowest BCUT2D eigenvalue weighted by molar-refractivity contribution is -0.0893. The summed E-state index contributed by atoms with van der Waals surface area (Å²) < 4.78 is 11.2. The zero-order valence-electron chi connectivity index (χ0n) is 18.2. The van der Waals surface area contributed by atoms with E-state index in [1.807, 2.05) is 46.8 Å². The second-order valence-corrected chi connectivity index (χ2v) is 9.33. The zero-order chi connectivity index (χ0) is 21.2. The Bertz CT molecular complexity index is 712. The number of hydrogen-bond acceptors (Lipinski definition) is 4. The number of carbonyl (C=O) groups excluding carboxylic acids is 1. The Morgan fingerprint density at radius 3 is 2.14 bits per heavy atom. The van der Waals surface area contributed by atoms with E-state index in [4.69, 9.17) is 9.39 Å². The lowest BCUT2D eigenvalue weighted by Gasteiger charge is -2.37. The van der Waals surface area contributed by atoms with Gasteiger partial charge in [-0.3, -0.25) is 0 Å². The van der Waals surface area contributed by atoms with Crippen molar-refractivity contribution in [3.8, 4) is 0 Å². The second kappa shape index (κ2) is 8.30. The minimum absolute atomic E-state index is 0.265. The molecule has 0 saturated heterocycles. The Labute approximate surface area is 170 Å². The van der Waals surface area contributed by atoms with Crippen LogP contribution < -0.4 is 5.46 Å². The molecule has 1 aromatic carbocycles. The first-order chi connectivity index (χ1) is 12.8. The third-order valence-electron chi connectivity index (χ3n) is 5.11. The van der Waals surface area contributed by atoms with Crippen molar-refractivity contribution < 1.29 is 19.3 Å². The summed E-state index contributed by atoms with van der Waals surface area (Å²) in [5.74, 6) is 0. The van der Waals surface area contributed by atoms with E-state index in [9.17, 15) is 9.90 Å². The molecule has 0 bridgehead atoms. The zero-order valence-corrected chi connectivity index (χ0v) is 18.2.